The number of halogens is 1. The van der Waals surface area contributed by atoms with Crippen molar-refractivity contribution in [2.24, 2.45) is 11.5 Å². The van der Waals surface area contributed by atoms with Crippen LogP contribution < -0.4 is 21.7 Å². The summed E-state index contributed by atoms with van der Waals surface area (Å²) in [6, 6.07) is 2.80. The van der Waals surface area contributed by atoms with Gasteiger partial charge in [0.1, 0.15) is 10.8 Å². The van der Waals surface area contributed by atoms with E-state index in [9.17, 15) is 14.0 Å². The number of nitrogens with zero attached hydrogens (tertiary/aromatic N) is 3. The number of primary amides is 2. The van der Waals surface area contributed by atoms with Crippen LogP contribution in [-0.4, -0.2) is 33.8 Å². The van der Waals surface area contributed by atoms with E-state index in [1.54, 1.807) is 6.07 Å². The third kappa shape index (κ3) is 3.85. The van der Waals surface area contributed by atoms with Gasteiger partial charge in [0.25, 0.3) is 5.91 Å². The Kier molecular flexibility index (Phi) is 4.53. The summed E-state index contributed by atoms with van der Waals surface area (Å²) in [6.45, 7) is 1.67. The Bertz CT molecular complexity index is 835. The van der Waals surface area contributed by atoms with E-state index in [2.05, 4.69) is 14.7 Å². The number of nitrogens with two attached hydrogens (primary N) is 2. The van der Waals surface area contributed by atoms with Crippen LogP contribution in [0, 0.1) is 12.7 Å². The molecule has 1 aliphatic rings. The molecule has 0 atom stereocenters. The lowest BCUT2D eigenvalue weighted by molar-refractivity contribution is -0.116. The number of carbonyl (C=O) groups excluding carboxylic acids is 2. The maximum Gasteiger partial charge on any atom is 0.252 e. The number of amides is 2. The zero-order valence-electron chi connectivity index (χ0n) is 13.5. The van der Waals surface area contributed by atoms with Crippen molar-refractivity contribution in [3.8, 4) is 0 Å². The summed E-state index contributed by atoms with van der Waals surface area (Å²) in [7, 11) is 0. The molecular weight excluding hydrogens is 347 g/mol. The quantitative estimate of drug-likeness (QED) is 0.679. The highest BCUT2D eigenvalue weighted by molar-refractivity contribution is 7.10. The predicted octanol–water partition coefficient (Wildman–Crippen LogP) is 1.28. The Morgan fingerprint density at radius 3 is 2.64 bits per heavy atom. The molecular formula is C15H17FN6O2S. The summed E-state index contributed by atoms with van der Waals surface area (Å²) >= 11 is 1.18. The van der Waals surface area contributed by atoms with Gasteiger partial charge in [0.15, 0.2) is 11.6 Å². The van der Waals surface area contributed by atoms with E-state index in [0.29, 0.717) is 5.00 Å². The van der Waals surface area contributed by atoms with E-state index < -0.39 is 17.6 Å². The van der Waals surface area contributed by atoms with Crippen LogP contribution in [0.15, 0.2) is 12.1 Å². The molecule has 0 saturated heterocycles. The molecule has 0 spiro atoms. The van der Waals surface area contributed by atoms with Crippen molar-refractivity contribution >= 4 is 40.0 Å². The third-order valence-corrected chi connectivity index (χ3v) is 4.47. The van der Waals surface area contributed by atoms with Gasteiger partial charge in [-0.05, 0) is 43.4 Å². The lowest BCUT2D eigenvalue weighted by Crippen LogP contribution is -2.37. The van der Waals surface area contributed by atoms with Crippen LogP contribution in [0.3, 0.4) is 0 Å². The zero-order chi connectivity index (χ0) is 18.1. The van der Waals surface area contributed by atoms with Gasteiger partial charge in [-0.25, -0.2) is 9.37 Å². The van der Waals surface area contributed by atoms with Crippen molar-refractivity contribution in [3.63, 3.8) is 0 Å². The van der Waals surface area contributed by atoms with Gasteiger partial charge in [0.2, 0.25) is 5.91 Å². The van der Waals surface area contributed by atoms with Gasteiger partial charge in [-0.3, -0.25) is 9.59 Å². The van der Waals surface area contributed by atoms with Gasteiger partial charge < -0.3 is 21.7 Å². The van der Waals surface area contributed by atoms with Crippen molar-refractivity contribution in [1.29, 1.82) is 0 Å². The third-order valence-electron chi connectivity index (χ3n) is 3.68. The molecule has 2 aromatic rings. The Hall–Kier alpha value is -2.75. The number of rotatable bonds is 7. The van der Waals surface area contributed by atoms with Crippen LogP contribution in [-0.2, 0) is 4.79 Å². The fourth-order valence-electron chi connectivity index (χ4n) is 2.43. The number of aromatic nitrogens is 2. The molecule has 2 aromatic heterocycles. The molecule has 2 amide bonds. The smallest absolute Gasteiger partial charge is 0.252 e. The molecule has 8 nitrogen and oxygen atoms in total. The molecule has 3 rings (SSSR count). The minimum atomic E-state index is -0.811. The van der Waals surface area contributed by atoms with E-state index in [4.69, 9.17) is 11.5 Å². The second kappa shape index (κ2) is 6.63. The van der Waals surface area contributed by atoms with Crippen LogP contribution in [0.2, 0.25) is 0 Å². The molecule has 0 bridgehead atoms. The maximum absolute atomic E-state index is 14.5. The normalized spacial score (nSPS) is 13.5. The van der Waals surface area contributed by atoms with Gasteiger partial charge in [0.05, 0.1) is 17.8 Å². The van der Waals surface area contributed by atoms with Gasteiger partial charge in [-0.1, -0.05) is 0 Å². The van der Waals surface area contributed by atoms with Crippen molar-refractivity contribution in [3.05, 3.63) is 29.2 Å². The summed E-state index contributed by atoms with van der Waals surface area (Å²) in [5.41, 5.74) is 11.3. The summed E-state index contributed by atoms with van der Waals surface area (Å²) < 4.78 is 18.6. The minimum absolute atomic E-state index is 0.00688. The second-order valence-electron chi connectivity index (χ2n) is 5.84. The van der Waals surface area contributed by atoms with E-state index in [1.807, 2.05) is 6.92 Å². The van der Waals surface area contributed by atoms with Gasteiger partial charge in [-0.15, -0.1) is 0 Å². The molecule has 1 fully saturated rings. The highest BCUT2D eigenvalue weighted by Gasteiger charge is 2.33. The Balaban J connectivity index is 2.02. The van der Waals surface area contributed by atoms with Crippen LogP contribution in [0.4, 0.5) is 21.0 Å². The van der Waals surface area contributed by atoms with E-state index in [-0.39, 0.29) is 29.8 Å². The second-order valence-corrected chi connectivity index (χ2v) is 6.64. The molecule has 0 unspecified atom stereocenters. The lowest BCUT2D eigenvalue weighted by atomic mass is 10.2. The van der Waals surface area contributed by atoms with E-state index in [1.165, 1.54) is 16.4 Å². The van der Waals surface area contributed by atoms with Gasteiger partial charge >= 0.3 is 0 Å². The van der Waals surface area contributed by atoms with Crippen molar-refractivity contribution in [1.82, 2.24) is 9.36 Å². The fourth-order valence-corrected chi connectivity index (χ4v) is 3.09. The first-order chi connectivity index (χ1) is 11.8. The molecule has 1 saturated carbocycles. The first-order valence-corrected chi connectivity index (χ1v) is 8.38. The SMILES string of the molecule is Cc1cc(Nc2nc(N(CC(N)=O)C3CC3)c(F)cc2C(N)=O)sn1. The van der Waals surface area contributed by atoms with Crippen molar-refractivity contribution < 1.29 is 14.0 Å². The van der Waals surface area contributed by atoms with E-state index in [0.717, 1.165) is 24.6 Å². The molecule has 2 heterocycles. The number of pyridine rings is 1. The predicted molar refractivity (Wildman–Crippen MR) is 92.4 cm³/mol. The maximum atomic E-state index is 14.5. The number of aryl methyl sites for hydroxylation is 1. The Morgan fingerprint density at radius 2 is 2.12 bits per heavy atom. The molecule has 10 heteroatoms. The lowest BCUT2D eigenvalue weighted by Gasteiger charge is -2.23. The molecule has 0 aromatic carbocycles. The number of carbonyl (C=O) groups is 2. The number of nitrogens with one attached hydrogen (secondary N) is 1. The van der Waals surface area contributed by atoms with Crippen LogP contribution >= 0.6 is 11.5 Å². The molecule has 0 radical (unpaired) electrons. The van der Waals surface area contributed by atoms with E-state index >= 15 is 0 Å². The largest absolute Gasteiger partial charge is 0.368 e. The van der Waals surface area contributed by atoms with Gasteiger partial charge in [-0.2, -0.15) is 4.37 Å². The average Bonchev–Trinajstić information content (AvgIpc) is 3.29. The standard InChI is InChI=1S/C15H17FN6O2S/c1-7-4-12(25-21-7)19-14-9(13(18)24)5-10(16)15(20-14)22(6-11(17)23)8-2-3-8/h4-5,8H,2-3,6H2,1H3,(H2,17,23)(H2,18,24)(H,19,20). The molecule has 132 valence electrons. The van der Waals surface area contributed by atoms with Gasteiger partial charge in [0, 0.05) is 6.04 Å². The molecule has 0 aliphatic heterocycles. The fraction of sp³-hybridized carbons (Fsp3) is 0.333. The average molecular weight is 364 g/mol. The summed E-state index contributed by atoms with van der Waals surface area (Å²) in [5.74, 6) is -2.04. The van der Waals surface area contributed by atoms with Crippen LogP contribution in [0.5, 0.6) is 0 Å². The highest BCUT2D eigenvalue weighted by Crippen LogP contribution is 2.34. The van der Waals surface area contributed by atoms with Crippen LogP contribution in [0.1, 0.15) is 28.9 Å². The first-order valence-electron chi connectivity index (χ1n) is 7.60. The molecule has 25 heavy (non-hydrogen) atoms. The summed E-state index contributed by atoms with van der Waals surface area (Å²) in [6.07, 6.45) is 1.64. The number of hydrogen-bond acceptors (Lipinski definition) is 7. The van der Waals surface area contributed by atoms with Crippen molar-refractivity contribution in [2.75, 3.05) is 16.8 Å². The monoisotopic (exact) mass is 364 g/mol. The first kappa shape index (κ1) is 17.1. The molecule has 1 aliphatic carbocycles. The molecule has 5 N–H and O–H groups in total. The zero-order valence-corrected chi connectivity index (χ0v) is 14.3. The minimum Gasteiger partial charge on any atom is -0.368 e. The highest BCUT2D eigenvalue weighted by atomic mass is 32.1. The van der Waals surface area contributed by atoms with Crippen LogP contribution in [0.25, 0.3) is 0 Å². The summed E-state index contributed by atoms with van der Waals surface area (Å²) in [4.78, 5) is 28.7. The number of anilines is 3. The number of hydrogen-bond donors (Lipinski definition) is 3. The Labute approximate surface area is 147 Å². The Morgan fingerprint density at radius 1 is 1.40 bits per heavy atom. The topological polar surface area (TPSA) is 127 Å². The van der Waals surface area contributed by atoms with Crippen molar-refractivity contribution in [2.45, 2.75) is 25.8 Å². The summed E-state index contributed by atoms with van der Waals surface area (Å²) in [5, 5.41) is 3.58.